The van der Waals surface area contributed by atoms with Crippen LogP contribution in [-0.4, -0.2) is 49.4 Å². The smallest absolute Gasteiger partial charge is 0.325 e. The van der Waals surface area contributed by atoms with E-state index in [-0.39, 0.29) is 18.4 Å². The second-order valence-corrected chi connectivity index (χ2v) is 4.95. The Bertz CT molecular complexity index is 409. The molecule has 0 aromatic carbocycles. The fourth-order valence-electron chi connectivity index (χ4n) is 1.51. The van der Waals surface area contributed by atoms with Crippen molar-refractivity contribution in [2.24, 2.45) is 5.92 Å². The van der Waals surface area contributed by atoms with Crippen LogP contribution in [0.1, 0.15) is 27.7 Å². The molecule has 0 aliphatic rings. The van der Waals surface area contributed by atoms with E-state index in [4.69, 9.17) is 0 Å². The summed E-state index contributed by atoms with van der Waals surface area (Å²) in [6.45, 7) is 6.09. The molecule has 0 spiro atoms. The molecule has 0 saturated carbocycles. The number of carbonyl (C=O) groups excluding carboxylic acids is 4. The molecule has 21 heavy (non-hydrogen) atoms. The fraction of sp³-hybridized carbons (Fsp3) is 0.692. The lowest BCUT2D eigenvalue weighted by molar-refractivity contribution is -0.141. The topological polar surface area (TPSA) is 114 Å². The van der Waals surface area contributed by atoms with E-state index >= 15 is 0 Å². The predicted molar refractivity (Wildman–Crippen MR) is 75.1 cm³/mol. The normalized spacial score (nSPS) is 13.0. The molecule has 0 bridgehead atoms. The van der Waals surface area contributed by atoms with Crippen LogP contribution in [0, 0.1) is 5.92 Å². The minimum absolute atomic E-state index is 0.126. The first-order chi connectivity index (χ1) is 9.68. The van der Waals surface area contributed by atoms with Gasteiger partial charge in [0.25, 0.3) is 0 Å². The van der Waals surface area contributed by atoms with E-state index < -0.39 is 29.9 Å². The molecule has 0 aromatic heterocycles. The van der Waals surface area contributed by atoms with E-state index in [9.17, 15) is 19.2 Å². The van der Waals surface area contributed by atoms with E-state index in [0.29, 0.717) is 0 Å². The molecule has 0 radical (unpaired) electrons. The predicted octanol–water partition coefficient (Wildman–Crippen LogP) is -1.06. The lowest BCUT2D eigenvalue weighted by atomic mass is 10.0. The summed E-state index contributed by atoms with van der Waals surface area (Å²) in [6, 6.07) is -1.56. The van der Waals surface area contributed by atoms with E-state index in [1.165, 1.54) is 21.0 Å². The van der Waals surface area contributed by atoms with Crippen molar-refractivity contribution in [3.8, 4) is 0 Å². The van der Waals surface area contributed by atoms with Crippen LogP contribution in [0.25, 0.3) is 0 Å². The lowest BCUT2D eigenvalue weighted by Crippen LogP contribution is -2.54. The van der Waals surface area contributed by atoms with Crippen LogP contribution < -0.4 is 16.0 Å². The zero-order valence-electron chi connectivity index (χ0n) is 13.0. The zero-order chi connectivity index (χ0) is 16.6. The molecule has 2 atom stereocenters. The molecular weight excluding hydrogens is 278 g/mol. The number of carbonyl (C=O) groups is 4. The fourth-order valence-corrected chi connectivity index (χ4v) is 1.51. The zero-order valence-corrected chi connectivity index (χ0v) is 13.0. The summed E-state index contributed by atoms with van der Waals surface area (Å²) in [7, 11) is 1.21. The van der Waals surface area contributed by atoms with Crippen molar-refractivity contribution in [2.75, 3.05) is 13.7 Å². The van der Waals surface area contributed by atoms with Gasteiger partial charge in [0.05, 0.1) is 7.11 Å². The second-order valence-electron chi connectivity index (χ2n) is 4.95. The summed E-state index contributed by atoms with van der Waals surface area (Å²) in [5.74, 6) is -2.01. The number of hydrogen-bond acceptors (Lipinski definition) is 5. The van der Waals surface area contributed by atoms with Crippen LogP contribution in [0.4, 0.5) is 0 Å². The van der Waals surface area contributed by atoms with Crippen molar-refractivity contribution in [1.82, 2.24) is 16.0 Å². The van der Waals surface area contributed by atoms with Gasteiger partial charge in [0.15, 0.2) is 0 Å². The number of nitrogens with one attached hydrogen (secondary N) is 3. The summed E-state index contributed by atoms with van der Waals surface area (Å²) in [5.41, 5.74) is 0. The Labute approximate surface area is 124 Å². The average molecular weight is 301 g/mol. The number of methoxy groups -OCH3 is 1. The number of rotatable bonds is 7. The summed E-state index contributed by atoms with van der Waals surface area (Å²) in [4.78, 5) is 45.7. The second kappa shape index (κ2) is 8.93. The average Bonchev–Trinajstić information content (AvgIpc) is 2.40. The highest BCUT2D eigenvalue weighted by Crippen LogP contribution is 2.02. The largest absolute Gasteiger partial charge is 0.468 e. The molecule has 0 aliphatic carbocycles. The number of amides is 3. The van der Waals surface area contributed by atoms with Crippen molar-refractivity contribution < 1.29 is 23.9 Å². The molecule has 0 aromatic rings. The monoisotopic (exact) mass is 301 g/mol. The molecular formula is C13H23N3O5. The van der Waals surface area contributed by atoms with Crippen molar-refractivity contribution >= 4 is 23.7 Å². The highest BCUT2D eigenvalue weighted by Gasteiger charge is 2.26. The highest BCUT2D eigenvalue weighted by molar-refractivity contribution is 5.92. The molecule has 3 amide bonds. The maximum absolute atomic E-state index is 12.0. The first-order valence-electron chi connectivity index (χ1n) is 6.61. The SMILES string of the molecule is COC(=O)CNC(=O)[C@H](C)NC(=O)[C@@H](NC(C)=O)C(C)C. The Morgan fingerprint density at radius 2 is 1.57 bits per heavy atom. The van der Waals surface area contributed by atoms with Crippen LogP contribution in [0.3, 0.4) is 0 Å². The lowest BCUT2D eigenvalue weighted by Gasteiger charge is -2.23. The molecule has 0 fully saturated rings. The van der Waals surface area contributed by atoms with Crippen molar-refractivity contribution in [1.29, 1.82) is 0 Å². The summed E-state index contributed by atoms with van der Waals surface area (Å²) >= 11 is 0. The molecule has 120 valence electrons. The molecule has 3 N–H and O–H groups in total. The van der Waals surface area contributed by atoms with Crippen molar-refractivity contribution in [3.63, 3.8) is 0 Å². The van der Waals surface area contributed by atoms with Crippen LogP contribution in [0.15, 0.2) is 0 Å². The van der Waals surface area contributed by atoms with Crippen molar-refractivity contribution in [3.05, 3.63) is 0 Å². The summed E-state index contributed by atoms with van der Waals surface area (Å²) in [5, 5.41) is 7.35. The number of esters is 1. The molecule has 0 rings (SSSR count). The Morgan fingerprint density at radius 3 is 2.00 bits per heavy atom. The van der Waals surface area contributed by atoms with Crippen LogP contribution in [-0.2, 0) is 23.9 Å². The van der Waals surface area contributed by atoms with Gasteiger partial charge in [0.2, 0.25) is 17.7 Å². The van der Waals surface area contributed by atoms with E-state index in [1.807, 2.05) is 0 Å². The summed E-state index contributed by atoms with van der Waals surface area (Å²) < 4.78 is 4.39. The third-order valence-corrected chi connectivity index (χ3v) is 2.69. The Hall–Kier alpha value is -2.12. The quantitative estimate of drug-likeness (QED) is 0.519. The number of ether oxygens (including phenoxy) is 1. The summed E-state index contributed by atoms with van der Waals surface area (Å²) in [6.07, 6.45) is 0. The van der Waals surface area contributed by atoms with Gasteiger partial charge in [-0.1, -0.05) is 13.8 Å². The van der Waals surface area contributed by atoms with Gasteiger partial charge in [-0.25, -0.2) is 0 Å². The molecule has 0 heterocycles. The maximum Gasteiger partial charge on any atom is 0.325 e. The third-order valence-electron chi connectivity index (χ3n) is 2.69. The molecule has 8 nitrogen and oxygen atoms in total. The highest BCUT2D eigenvalue weighted by atomic mass is 16.5. The first-order valence-corrected chi connectivity index (χ1v) is 6.61. The van der Waals surface area contributed by atoms with Gasteiger partial charge in [-0.3, -0.25) is 19.2 Å². The Morgan fingerprint density at radius 1 is 1.00 bits per heavy atom. The van der Waals surface area contributed by atoms with Gasteiger partial charge >= 0.3 is 5.97 Å². The minimum atomic E-state index is -0.836. The van der Waals surface area contributed by atoms with Crippen LogP contribution >= 0.6 is 0 Å². The maximum atomic E-state index is 12.0. The Balaban J connectivity index is 4.49. The molecule has 0 unspecified atom stereocenters. The van der Waals surface area contributed by atoms with Gasteiger partial charge in [0.1, 0.15) is 18.6 Å². The van der Waals surface area contributed by atoms with E-state index in [0.717, 1.165) is 0 Å². The minimum Gasteiger partial charge on any atom is -0.468 e. The van der Waals surface area contributed by atoms with E-state index in [1.54, 1.807) is 13.8 Å². The molecule has 0 aliphatic heterocycles. The van der Waals surface area contributed by atoms with Gasteiger partial charge in [-0.15, -0.1) is 0 Å². The van der Waals surface area contributed by atoms with Crippen LogP contribution in [0.5, 0.6) is 0 Å². The number of hydrogen-bond donors (Lipinski definition) is 3. The Kier molecular flexibility index (Phi) is 8.03. The third kappa shape index (κ3) is 7.28. The van der Waals surface area contributed by atoms with Gasteiger partial charge in [-0.2, -0.15) is 0 Å². The molecule has 8 heteroatoms. The van der Waals surface area contributed by atoms with Gasteiger partial charge < -0.3 is 20.7 Å². The molecule has 0 saturated heterocycles. The van der Waals surface area contributed by atoms with Crippen molar-refractivity contribution in [2.45, 2.75) is 39.8 Å². The first kappa shape index (κ1) is 18.9. The van der Waals surface area contributed by atoms with Gasteiger partial charge in [-0.05, 0) is 12.8 Å². The van der Waals surface area contributed by atoms with Gasteiger partial charge in [0, 0.05) is 6.92 Å². The van der Waals surface area contributed by atoms with E-state index in [2.05, 4.69) is 20.7 Å². The van der Waals surface area contributed by atoms with Crippen LogP contribution in [0.2, 0.25) is 0 Å². The standard InChI is InChI=1S/C13H23N3O5/c1-7(2)11(16-9(4)17)13(20)15-8(3)12(19)14-6-10(18)21-5/h7-8,11H,6H2,1-5H3,(H,14,19)(H,15,20)(H,16,17)/t8-,11-/m0/s1.